The maximum absolute atomic E-state index is 9.41. The zero-order chi connectivity index (χ0) is 8.43. The van der Waals surface area contributed by atoms with Gasteiger partial charge < -0.3 is 5.11 Å². The summed E-state index contributed by atoms with van der Waals surface area (Å²) in [6.07, 6.45) is 2.98. The summed E-state index contributed by atoms with van der Waals surface area (Å²) in [5.74, 6) is 1.27. The molecule has 0 bridgehead atoms. The lowest BCUT2D eigenvalue weighted by Crippen LogP contribution is -2.26. The zero-order valence-corrected chi connectivity index (χ0v) is 7.51. The van der Waals surface area contributed by atoms with Crippen molar-refractivity contribution < 1.29 is 5.11 Å². The van der Waals surface area contributed by atoms with E-state index >= 15 is 0 Å². The maximum atomic E-state index is 9.41. The Morgan fingerprint density at radius 1 is 1.45 bits per heavy atom. The standard InChI is InChI=1S/C10H18O/c1-7(2)10-6-9(11)5-4-8(10)3/h8-11H,1,4-6H2,2-3H3. The molecule has 1 N–H and O–H groups in total. The van der Waals surface area contributed by atoms with E-state index in [4.69, 9.17) is 0 Å². The second kappa shape index (κ2) is 3.40. The number of aliphatic hydroxyl groups excluding tert-OH is 1. The molecule has 3 unspecified atom stereocenters. The fourth-order valence-corrected chi connectivity index (χ4v) is 1.99. The predicted octanol–water partition coefficient (Wildman–Crippen LogP) is 2.36. The van der Waals surface area contributed by atoms with Gasteiger partial charge in [-0.3, -0.25) is 0 Å². The molecular weight excluding hydrogens is 136 g/mol. The van der Waals surface area contributed by atoms with Gasteiger partial charge in [-0.1, -0.05) is 19.1 Å². The smallest absolute Gasteiger partial charge is 0.0546 e. The van der Waals surface area contributed by atoms with Gasteiger partial charge in [0.25, 0.3) is 0 Å². The molecule has 0 aromatic carbocycles. The van der Waals surface area contributed by atoms with Crippen LogP contribution in [-0.2, 0) is 0 Å². The predicted molar refractivity (Wildman–Crippen MR) is 47.3 cm³/mol. The molecule has 0 spiro atoms. The highest BCUT2D eigenvalue weighted by Gasteiger charge is 2.26. The molecule has 1 rings (SSSR count). The molecule has 0 aromatic rings. The summed E-state index contributed by atoms with van der Waals surface area (Å²) in [6, 6.07) is 0. The molecule has 1 nitrogen and oxygen atoms in total. The number of rotatable bonds is 1. The van der Waals surface area contributed by atoms with Gasteiger partial charge in [0.1, 0.15) is 0 Å². The van der Waals surface area contributed by atoms with Crippen LogP contribution in [0.3, 0.4) is 0 Å². The van der Waals surface area contributed by atoms with E-state index < -0.39 is 0 Å². The Balaban J connectivity index is 2.54. The molecule has 0 amide bonds. The van der Waals surface area contributed by atoms with Gasteiger partial charge in [0.05, 0.1) is 6.10 Å². The molecule has 1 saturated carbocycles. The van der Waals surface area contributed by atoms with Crippen LogP contribution in [0.5, 0.6) is 0 Å². The molecule has 0 heterocycles. The highest BCUT2D eigenvalue weighted by Crippen LogP contribution is 2.33. The molecular formula is C10H18O. The Labute approximate surface area is 69.1 Å². The van der Waals surface area contributed by atoms with Crippen molar-refractivity contribution in [2.75, 3.05) is 0 Å². The van der Waals surface area contributed by atoms with Crippen LogP contribution >= 0.6 is 0 Å². The number of allylic oxidation sites excluding steroid dienone is 1. The Kier molecular flexibility index (Phi) is 2.72. The summed E-state index contributed by atoms with van der Waals surface area (Å²) in [7, 11) is 0. The Morgan fingerprint density at radius 2 is 2.09 bits per heavy atom. The minimum absolute atomic E-state index is 0.0760. The summed E-state index contributed by atoms with van der Waals surface area (Å²) in [5, 5.41) is 9.41. The highest BCUT2D eigenvalue weighted by atomic mass is 16.3. The van der Waals surface area contributed by atoms with Gasteiger partial charge in [-0.2, -0.15) is 0 Å². The number of hydrogen-bond donors (Lipinski definition) is 1. The van der Waals surface area contributed by atoms with Crippen molar-refractivity contribution in [2.45, 2.75) is 39.2 Å². The maximum Gasteiger partial charge on any atom is 0.0546 e. The topological polar surface area (TPSA) is 20.2 Å². The summed E-state index contributed by atoms with van der Waals surface area (Å²) < 4.78 is 0. The quantitative estimate of drug-likeness (QED) is 0.575. The Bertz CT molecular complexity index is 151. The third-order valence-electron chi connectivity index (χ3n) is 2.80. The molecule has 1 aliphatic carbocycles. The van der Waals surface area contributed by atoms with E-state index in [0.717, 1.165) is 25.2 Å². The van der Waals surface area contributed by atoms with E-state index in [9.17, 15) is 5.11 Å². The van der Waals surface area contributed by atoms with Crippen LogP contribution < -0.4 is 0 Å². The third-order valence-corrected chi connectivity index (χ3v) is 2.80. The molecule has 0 saturated heterocycles. The second-order valence-electron chi connectivity index (χ2n) is 3.90. The lowest BCUT2D eigenvalue weighted by Gasteiger charge is -2.32. The molecule has 1 aliphatic rings. The summed E-state index contributed by atoms with van der Waals surface area (Å²) in [5.41, 5.74) is 1.23. The normalized spacial score (nSPS) is 38.6. The van der Waals surface area contributed by atoms with Crippen LogP contribution in [0.25, 0.3) is 0 Å². The van der Waals surface area contributed by atoms with Crippen molar-refractivity contribution in [1.82, 2.24) is 0 Å². The minimum Gasteiger partial charge on any atom is -0.393 e. The number of aliphatic hydroxyl groups is 1. The summed E-state index contributed by atoms with van der Waals surface area (Å²) in [4.78, 5) is 0. The molecule has 11 heavy (non-hydrogen) atoms. The molecule has 0 radical (unpaired) electrons. The summed E-state index contributed by atoms with van der Waals surface area (Å²) >= 11 is 0. The van der Waals surface area contributed by atoms with E-state index in [1.165, 1.54) is 5.57 Å². The van der Waals surface area contributed by atoms with E-state index in [2.05, 4.69) is 20.4 Å². The molecule has 0 aliphatic heterocycles. The zero-order valence-electron chi connectivity index (χ0n) is 7.51. The minimum atomic E-state index is -0.0760. The van der Waals surface area contributed by atoms with Gasteiger partial charge in [0.2, 0.25) is 0 Å². The lowest BCUT2D eigenvalue weighted by atomic mass is 9.76. The van der Waals surface area contributed by atoms with Crippen LogP contribution in [0.15, 0.2) is 12.2 Å². The third kappa shape index (κ3) is 2.06. The first-order valence-corrected chi connectivity index (χ1v) is 4.44. The van der Waals surface area contributed by atoms with Crippen molar-refractivity contribution in [1.29, 1.82) is 0 Å². The van der Waals surface area contributed by atoms with Crippen molar-refractivity contribution >= 4 is 0 Å². The van der Waals surface area contributed by atoms with Gasteiger partial charge in [-0.15, -0.1) is 0 Å². The lowest BCUT2D eigenvalue weighted by molar-refractivity contribution is 0.0862. The van der Waals surface area contributed by atoms with Crippen molar-refractivity contribution in [3.8, 4) is 0 Å². The van der Waals surface area contributed by atoms with Crippen LogP contribution in [0.1, 0.15) is 33.1 Å². The van der Waals surface area contributed by atoms with Crippen molar-refractivity contribution in [2.24, 2.45) is 11.8 Å². The highest BCUT2D eigenvalue weighted by molar-refractivity contribution is 5.00. The Morgan fingerprint density at radius 3 is 2.55 bits per heavy atom. The molecule has 64 valence electrons. The first kappa shape index (κ1) is 8.79. The van der Waals surface area contributed by atoms with Crippen LogP contribution in [0.4, 0.5) is 0 Å². The van der Waals surface area contributed by atoms with Gasteiger partial charge in [-0.05, 0) is 38.0 Å². The fraction of sp³-hybridized carbons (Fsp3) is 0.800. The van der Waals surface area contributed by atoms with Crippen LogP contribution in [0.2, 0.25) is 0 Å². The van der Waals surface area contributed by atoms with Crippen LogP contribution in [-0.4, -0.2) is 11.2 Å². The van der Waals surface area contributed by atoms with E-state index in [-0.39, 0.29) is 6.10 Å². The first-order chi connectivity index (χ1) is 5.11. The fourth-order valence-electron chi connectivity index (χ4n) is 1.99. The summed E-state index contributed by atoms with van der Waals surface area (Å²) in [6.45, 7) is 8.28. The molecule has 3 atom stereocenters. The average molecular weight is 154 g/mol. The van der Waals surface area contributed by atoms with E-state index in [0.29, 0.717) is 5.92 Å². The van der Waals surface area contributed by atoms with E-state index in [1.54, 1.807) is 0 Å². The van der Waals surface area contributed by atoms with Crippen molar-refractivity contribution in [3.05, 3.63) is 12.2 Å². The number of hydrogen-bond acceptors (Lipinski definition) is 1. The van der Waals surface area contributed by atoms with Gasteiger partial charge in [0.15, 0.2) is 0 Å². The SMILES string of the molecule is C=C(C)C1CC(O)CCC1C. The van der Waals surface area contributed by atoms with Gasteiger partial charge in [0, 0.05) is 0 Å². The van der Waals surface area contributed by atoms with Crippen molar-refractivity contribution in [3.63, 3.8) is 0 Å². The van der Waals surface area contributed by atoms with Crippen LogP contribution in [0, 0.1) is 11.8 Å². The second-order valence-corrected chi connectivity index (χ2v) is 3.90. The molecule has 1 heteroatoms. The largest absolute Gasteiger partial charge is 0.393 e. The van der Waals surface area contributed by atoms with E-state index in [1.807, 2.05) is 0 Å². The Hall–Kier alpha value is -0.300. The molecule has 1 fully saturated rings. The molecule has 0 aromatic heterocycles. The first-order valence-electron chi connectivity index (χ1n) is 4.44. The van der Waals surface area contributed by atoms with Gasteiger partial charge >= 0.3 is 0 Å². The average Bonchev–Trinajstić information content (AvgIpc) is 1.94. The monoisotopic (exact) mass is 154 g/mol. The van der Waals surface area contributed by atoms with Gasteiger partial charge in [-0.25, -0.2) is 0 Å².